The third-order valence-corrected chi connectivity index (χ3v) is 5.43. The number of benzene rings is 2. The number of ether oxygens (including phenoxy) is 1. The molecule has 4 nitrogen and oxygen atoms in total. The van der Waals surface area contributed by atoms with E-state index < -0.39 is 0 Å². The zero-order chi connectivity index (χ0) is 18.7. The Morgan fingerprint density at radius 1 is 1.23 bits per heavy atom. The standard InChI is InChI=1S/C19H20BrFN2O2S/c1-2-25-17-12-13(11-14(20)18(17)24)19(26)23-9-7-22(8-10-23)16-6-4-3-5-15(16)21/h3-6,11-12,24H,2,7-10H2,1H3. The van der Waals surface area contributed by atoms with Gasteiger partial charge in [0, 0.05) is 31.7 Å². The van der Waals surface area contributed by atoms with E-state index in [4.69, 9.17) is 17.0 Å². The van der Waals surface area contributed by atoms with Gasteiger partial charge in [0.15, 0.2) is 11.5 Å². The summed E-state index contributed by atoms with van der Waals surface area (Å²) in [4.78, 5) is 4.83. The first-order valence-electron chi connectivity index (χ1n) is 8.45. The Hall–Kier alpha value is -1.86. The summed E-state index contributed by atoms with van der Waals surface area (Å²) >= 11 is 8.99. The minimum Gasteiger partial charge on any atom is -0.503 e. The normalized spacial score (nSPS) is 14.4. The molecule has 138 valence electrons. The summed E-state index contributed by atoms with van der Waals surface area (Å²) in [6.45, 7) is 5.11. The van der Waals surface area contributed by atoms with Crippen LogP contribution in [0.2, 0.25) is 0 Å². The number of halogens is 2. The summed E-state index contributed by atoms with van der Waals surface area (Å²) in [5.74, 6) is 0.277. The Labute approximate surface area is 166 Å². The number of phenolic OH excluding ortho intramolecular Hbond substituents is 1. The molecule has 0 aromatic heterocycles. The van der Waals surface area contributed by atoms with Crippen molar-refractivity contribution in [2.75, 3.05) is 37.7 Å². The molecule has 2 aromatic rings. The Morgan fingerprint density at radius 2 is 1.92 bits per heavy atom. The van der Waals surface area contributed by atoms with Crippen LogP contribution < -0.4 is 9.64 Å². The summed E-state index contributed by atoms with van der Waals surface area (Å²) in [7, 11) is 0. The van der Waals surface area contributed by atoms with Gasteiger partial charge in [-0.25, -0.2) is 4.39 Å². The van der Waals surface area contributed by atoms with E-state index in [0.29, 0.717) is 53.7 Å². The van der Waals surface area contributed by atoms with E-state index in [1.54, 1.807) is 24.3 Å². The monoisotopic (exact) mass is 438 g/mol. The van der Waals surface area contributed by atoms with Crippen molar-refractivity contribution in [3.63, 3.8) is 0 Å². The molecule has 1 N–H and O–H groups in total. The van der Waals surface area contributed by atoms with Crippen LogP contribution in [0.5, 0.6) is 11.5 Å². The number of nitrogens with zero attached hydrogens (tertiary/aromatic N) is 2. The van der Waals surface area contributed by atoms with Crippen LogP contribution in [-0.2, 0) is 0 Å². The first-order valence-corrected chi connectivity index (χ1v) is 9.65. The Morgan fingerprint density at radius 3 is 2.58 bits per heavy atom. The first-order chi connectivity index (χ1) is 12.5. The molecule has 1 aliphatic rings. The smallest absolute Gasteiger partial charge is 0.172 e. The lowest BCUT2D eigenvalue weighted by Crippen LogP contribution is -2.48. The van der Waals surface area contributed by atoms with Crippen molar-refractivity contribution >= 4 is 38.8 Å². The molecular formula is C19H20BrFN2O2S. The molecule has 0 aliphatic carbocycles. The van der Waals surface area contributed by atoms with Gasteiger partial charge in [-0.15, -0.1) is 0 Å². The molecule has 0 bridgehead atoms. The molecule has 1 aliphatic heterocycles. The molecule has 0 unspecified atom stereocenters. The second-order valence-corrected chi connectivity index (χ2v) is 7.21. The highest BCUT2D eigenvalue weighted by Gasteiger charge is 2.22. The van der Waals surface area contributed by atoms with Crippen LogP contribution in [0.15, 0.2) is 40.9 Å². The average molecular weight is 439 g/mol. The predicted molar refractivity (Wildman–Crippen MR) is 109 cm³/mol. The quantitative estimate of drug-likeness (QED) is 0.724. The van der Waals surface area contributed by atoms with Crippen LogP contribution in [-0.4, -0.2) is 47.8 Å². The number of rotatable bonds is 4. The van der Waals surface area contributed by atoms with E-state index in [1.165, 1.54) is 6.07 Å². The Bertz CT molecular complexity index is 810. The zero-order valence-corrected chi connectivity index (χ0v) is 16.8. The van der Waals surface area contributed by atoms with Crippen LogP contribution in [0, 0.1) is 5.82 Å². The van der Waals surface area contributed by atoms with Crippen LogP contribution in [0.3, 0.4) is 0 Å². The van der Waals surface area contributed by atoms with Gasteiger partial charge in [-0.3, -0.25) is 0 Å². The number of hydrogen-bond acceptors (Lipinski definition) is 4. The number of para-hydroxylation sites is 1. The number of phenols is 1. The molecular weight excluding hydrogens is 419 g/mol. The zero-order valence-electron chi connectivity index (χ0n) is 14.4. The summed E-state index contributed by atoms with van der Waals surface area (Å²) in [6.07, 6.45) is 0. The van der Waals surface area contributed by atoms with Crippen molar-refractivity contribution in [2.24, 2.45) is 0 Å². The van der Waals surface area contributed by atoms with Crippen LogP contribution in [0.1, 0.15) is 12.5 Å². The predicted octanol–water partition coefficient (Wildman–Crippen LogP) is 4.19. The molecule has 1 saturated heterocycles. The number of anilines is 1. The van der Waals surface area contributed by atoms with E-state index in [9.17, 15) is 9.50 Å². The van der Waals surface area contributed by atoms with Gasteiger partial charge in [-0.2, -0.15) is 0 Å². The maximum absolute atomic E-state index is 14.0. The average Bonchev–Trinajstić information content (AvgIpc) is 2.65. The van der Waals surface area contributed by atoms with Crippen molar-refractivity contribution in [1.29, 1.82) is 0 Å². The summed E-state index contributed by atoms with van der Waals surface area (Å²) in [5, 5.41) is 10.1. The fraction of sp³-hybridized carbons (Fsp3) is 0.316. The minimum atomic E-state index is -0.202. The third kappa shape index (κ3) is 3.94. The van der Waals surface area contributed by atoms with Gasteiger partial charge in [0.25, 0.3) is 0 Å². The highest BCUT2D eigenvalue weighted by atomic mass is 79.9. The Balaban J connectivity index is 1.72. The van der Waals surface area contributed by atoms with E-state index in [2.05, 4.69) is 20.8 Å². The lowest BCUT2D eigenvalue weighted by atomic mass is 10.1. The molecule has 0 atom stereocenters. The van der Waals surface area contributed by atoms with Crippen molar-refractivity contribution in [1.82, 2.24) is 4.90 Å². The minimum absolute atomic E-state index is 0.0720. The molecule has 0 saturated carbocycles. The van der Waals surface area contributed by atoms with Crippen molar-refractivity contribution in [3.8, 4) is 11.5 Å². The topological polar surface area (TPSA) is 35.9 Å². The van der Waals surface area contributed by atoms with E-state index in [1.807, 2.05) is 17.9 Å². The fourth-order valence-electron chi connectivity index (χ4n) is 3.00. The first kappa shape index (κ1) is 18.9. The van der Waals surface area contributed by atoms with E-state index in [0.717, 1.165) is 5.56 Å². The van der Waals surface area contributed by atoms with Gasteiger partial charge in [0.2, 0.25) is 0 Å². The van der Waals surface area contributed by atoms with Crippen molar-refractivity contribution in [3.05, 3.63) is 52.3 Å². The van der Waals surface area contributed by atoms with Gasteiger partial charge >= 0.3 is 0 Å². The SMILES string of the molecule is CCOc1cc(C(=S)N2CCN(c3ccccc3F)CC2)cc(Br)c1O. The largest absolute Gasteiger partial charge is 0.503 e. The summed E-state index contributed by atoms with van der Waals surface area (Å²) in [5.41, 5.74) is 1.44. The molecule has 2 aromatic carbocycles. The molecule has 1 heterocycles. The number of aromatic hydroxyl groups is 1. The second kappa shape index (κ2) is 8.22. The molecule has 0 amide bonds. The number of piperazine rings is 1. The Kier molecular flexibility index (Phi) is 5.98. The maximum atomic E-state index is 14.0. The van der Waals surface area contributed by atoms with E-state index in [-0.39, 0.29) is 11.6 Å². The van der Waals surface area contributed by atoms with Crippen LogP contribution >= 0.6 is 28.1 Å². The van der Waals surface area contributed by atoms with Gasteiger partial charge in [-0.1, -0.05) is 24.4 Å². The highest BCUT2D eigenvalue weighted by molar-refractivity contribution is 9.10. The number of thiocarbonyl (C=S) groups is 1. The summed E-state index contributed by atoms with van der Waals surface area (Å²) in [6, 6.07) is 10.4. The van der Waals surface area contributed by atoms with E-state index >= 15 is 0 Å². The molecule has 26 heavy (non-hydrogen) atoms. The third-order valence-electron chi connectivity index (χ3n) is 4.34. The highest BCUT2D eigenvalue weighted by Crippen LogP contribution is 2.36. The fourth-order valence-corrected chi connectivity index (χ4v) is 3.75. The summed E-state index contributed by atoms with van der Waals surface area (Å²) < 4.78 is 20.0. The lowest BCUT2D eigenvalue weighted by molar-refractivity contribution is 0.317. The molecule has 7 heteroatoms. The molecule has 1 fully saturated rings. The van der Waals surface area contributed by atoms with Crippen LogP contribution in [0.25, 0.3) is 0 Å². The molecule has 3 rings (SSSR count). The lowest BCUT2D eigenvalue weighted by Gasteiger charge is -2.37. The maximum Gasteiger partial charge on any atom is 0.172 e. The number of hydrogen-bond donors (Lipinski definition) is 1. The second-order valence-electron chi connectivity index (χ2n) is 5.97. The van der Waals surface area contributed by atoms with Gasteiger partial charge < -0.3 is 19.6 Å². The van der Waals surface area contributed by atoms with Gasteiger partial charge in [0.1, 0.15) is 10.8 Å². The van der Waals surface area contributed by atoms with Gasteiger partial charge in [-0.05, 0) is 47.1 Å². The van der Waals surface area contributed by atoms with Crippen molar-refractivity contribution < 1.29 is 14.2 Å². The molecule has 0 radical (unpaired) electrons. The van der Waals surface area contributed by atoms with Crippen LogP contribution in [0.4, 0.5) is 10.1 Å². The molecule has 0 spiro atoms. The van der Waals surface area contributed by atoms with Gasteiger partial charge in [0.05, 0.1) is 16.8 Å². The van der Waals surface area contributed by atoms with Crippen molar-refractivity contribution in [2.45, 2.75) is 6.92 Å².